The highest BCUT2D eigenvalue weighted by atomic mass is 35.5. The average Bonchev–Trinajstić information content (AvgIpc) is 3.50. The van der Waals surface area contributed by atoms with Crippen LogP contribution in [0.4, 0.5) is 18.9 Å². The second-order valence-electron chi connectivity index (χ2n) is 7.96. The summed E-state index contributed by atoms with van der Waals surface area (Å²) in [5, 5.41) is 3.72. The summed E-state index contributed by atoms with van der Waals surface area (Å²) in [6, 6.07) is 14.4. The summed E-state index contributed by atoms with van der Waals surface area (Å²) in [6.07, 6.45) is -0.716. The summed E-state index contributed by atoms with van der Waals surface area (Å²) in [7, 11) is 1.75. The fourth-order valence-electron chi connectivity index (χ4n) is 3.94. The number of aromatic nitrogens is 2. The summed E-state index contributed by atoms with van der Waals surface area (Å²) in [5.74, 6) is -0.290. The van der Waals surface area contributed by atoms with Gasteiger partial charge in [0.1, 0.15) is 20.0 Å². The number of alkyl halides is 3. The number of ether oxygens (including phenoxy) is 1. The molecule has 3 heterocycles. The van der Waals surface area contributed by atoms with E-state index in [9.17, 15) is 18.0 Å². The van der Waals surface area contributed by atoms with Gasteiger partial charge in [0.15, 0.2) is 12.7 Å². The molecule has 12 heteroatoms. The second-order valence-corrected chi connectivity index (χ2v) is 10.9. The van der Waals surface area contributed by atoms with E-state index < -0.39 is 6.36 Å². The maximum atomic E-state index is 13.4. The summed E-state index contributed by atoms with van der Waals surface area (Å²) in [5.41, 5.74) is 1.63. The van der Waals surface area contributed by atoms with Crippen molar-refractivity contribution >= 4 is 51.2 Å². The normalized spacial score (nSPS) is 15.1. The van der Waals surface area contributed by atoms with Crippen LogP contribution in [0.5, 0.6) is 5.75 Å². The lowest BCUT2D eigenvalue weighted by Crippen LogP contribution is -3.00. The van der Waals surface area contributed by atoms with Crippen molar-refractivity contribution in [1.29, 1.82) is 0 Å². The number of benzene rings is 2. The van der Waals surface area contributed by atoms with Crippen LogP contribution in [0.2, 0.25) is 0 Å². The Hall–Kier alpha value is -2.73. The van der Waals surface area contributed by atoms with Crippen molar-refractivity contribution < 1.29 is 34.9 Å². The maximum absolute atomic E-state index is 13.4. The van der Waals surface area contributed by atoms with Gasteiger partial charge in [0.05, 0.1) is 17.1 Å². The van der Waals surface area contributed by atoms with Crippen LogP contribution in [-0.2, 0) is 13.1 Å². The number of thiazole rings is 2. The van der Waals surface area contributed by atoms with Crippen molar-refractivity contribution in [3.8, 4) is 5.75 Å². The van der Waals surface area contributed by atoms with E-state index in [-0.39, 0.29) is 23.7 Å². The molecule has 37 heavy (non-hydrogen) atoms. The number of rotatable bonds is 5. The average molecular weight is 584 g/mol. The van der Waals surface area contributed by atoms with Gasteiger partial charge < -0.3 is 22.0 Å². The molecular weight excluding hydrogens is 563 g/mol. The molecule has 0 saturated carbocycles. The Balaban J connectivity index is 0.00000320. The van der Waals surface area contributed by atoms with E-state index in [1.807, 2.05) is 42.8 Å². The van der Waals surface area contributed by atoms with Crippen molar-refractivity contribution in [2.45, 2.75) is 31.3 Å². The van der Waals surface area contributed by atoms with E-state index in [2.05, 4.69) is 21.4 Å². The van der Waals surface area contributed by atoms with Gasteiger partial charge in [0.2, 0.25) is 0 Å². The van der Waals surface area contributed by atoms with Crippen molar-refractivity contribution in [2.24, 2.45) is 0 Å². The van der Waals surface area contributed by atoms with Crippen molar-refractivity contribution in [2.75, 3.05) is 11.9 Å². The van der Waals surface area contributed by atoms with Crippen LogP contribution in [-0.4, -0.2) is 18.0 Å². The fourth-order valence-corrected chi connectivity index (χ4v) is 7.24. The third kappa shape index (κ3) is 5.74. The standard InChI is InChI=1S/C25H21F3N3O2S3.ClH/c1-3-31-21(14-20-30(11-12-34-20)15-16-7-5-4-6-8-16)36-22(23(31)32)24-29(2)18-13-17(33-25(26,27)28)9-10-19(18)35-24;/h4-14H,3,15H2,1-2H3;1H/q+1;/p-1/b24-22+;. The van der Waals surface area contributed by atoms with Gasteiger partial charge >= 0.3 is 6.36 Å². The predicted octanol–water partition coefficient (Wildman–Crippen LogP) is 1.37. The van der Waals surface area contributed by atoms with Crippen LogP contribution in [0.3, 0.4) is 0 Å². The van der Waals surface area contributed by atoms with Gasteiger partial charge in [-0.15, -0.1) is 24.5 Å². The largest absolute Gasteiger partial charge is 1.00 e. The number of thioether (sulfide) groups is 1. The molecular formula is C25H21ClF3N3O2S3. The summed E-state index contributed by atoms with van der Waals surface area (Å²) >= 11 is 4.35. The molecule has 0 bridgehead atoms. The van der Waals surface area contributed by atoms with E-state index in [0.29, 0.717) is 21.8 Å². The first-order valence-electron chi connectivity index (χ1n) is 11.0. The van der Waals surface area contributed by atoms with E-state index in [1.54, 1.807) is 33.9 Å². The monoisotopic (exact) mass is 583 g/mol. The Morgan fingerprint density at radius 2 is 1.89 bits per heavy atom. The first-order valence-corrected chi connectivity index (χ1v) is 13.5. The molecule has 0 aliphatic carbocycles. The van der Waals surface area contributed by atoms with Crippen LogP contribution in [0, 0.1) is 0 Å². The Labute approximate surface area is 229 Å². The van der Waals surface area contributed by atoms with Crippen molar-refractivity contribution in [3.05, 3.63) is 90.2 Å². The van der Waals surface area contributed by atoms with Gasteiger partial charge in [-0.1, -0.05) is 53.4 Å². The molecule has 2 aromatic carbocycles. The second kappa shape index (κ2) is 10.9. The quantitative estimate of drug-likeness (QED) is 0.333. The zero-order valence-corrected chi connectivity index (χ0v) is 22.9. The molecule has 5 rings (SSSR count). The minimum absolute atomic E-state index is 0. The highest BCUT2D eigenvalue weighted by Crippen LogP contribution is 2.47. The van der Waals surface area contributed by atoms with Gasteiger partial charge in [0, 0.05) is 30.1 Å². The van der Waals surface area contributed by atoms with E-state index in [4.69, 9.17) is 0 Å². The molecule has 194 valence electrons. The molecule has 0 unspecified atom stereocenters. The number of fused-ring (bicyclic) bond motifs is 1. The van der Waals surface area contributed by atoms with Gasteiger partial charge in [-0.3, -0.25) is 9.36 Å². The topological polar surface area (TPSA) is 38.4 Å². The van der Waals surface area contributed by atoms with Gasteiger partial charge in [-0.05, 0) is 19.1 Å². The number of halogens is 4. The third-order valence-corrected chi connectivity index (χ3v) is 8.95. The molecule has 0 saturated heterocycles. The molecule has 0 atom stereocenters. The molecule has 0 radical (unpaired) electrons. The highest BCUT2D eigenvalue weighted by molar-refractivity contribution is 8.08. The van der Waals surface area contributed by atoms with Crippen LogP contribution < -0.4 is 41.4 Å². The minimum Gasteiger partial charge on any atom is -1.00 e. The third-order valence-electron chi connectivity index (χ3n) is 5.61. The van der Waals surface area contributed by atoms with E-state index in [1.165, 1.54) is 40.8 Å². The number of nitrogens with zero attached hydrogens (tertiary/aromatic N) is 3. The summed E-state index contributed by atoms with van der Waals surface area (Å²) < 4.78 is 47.4. The smallest absolute Gasteiger partial charge is 0.573 e. The zero-order chi connectivity index (χ0) is 25.4. The zero-order valence-electron chi connectivity index (χ0n) is 19.7. The van der Waals surface area contributed by atoms with E-state index >= 15 is 0 Å². The summed E-state index contributed by atoms with van der Waals surface area (Å²) in [4.78, 5) is 15.9. The Morgan fingerprint density at radius 3 is 2.59 bits per heavy atom. The molecule has 4 aromatic rings. The van der Waals surface area contributed by atoms with E-state index in [0.717, 1.165) is 21.1 Å². The number of hydrogen-bond donors (Lipinski definition) is 0. The molecule has 0 N–H and O–H groups in total. The van der Waals surface area contributed by atoms with Gasteiger partial charge in [-0.2, -0.15) is 4.57 Å². The van der Waals surface area contributed by atoms with Crippen molar-refractivity contribution in [1.82, 2.24) is 4.57 Å². The number of hydrogen-bond acceptors (Lipinski definition) is 6. The lowest BCUT2D eigenvalue weighted by atomic mass is 10.2. The lowest BCUT2D eigenvalue weighted by Gasteiger charge is -2.14. The van der Waals surface area contributed by atoms with Crippen LogP contribution in [0.15, 0.2) is 69.8 Å². The van der Waals surface area contributed by atoms with Crippen LogP contribution in [0.25, 0.3) is 11.1 Å². The van der Waals surface area contributed by atoms with Gasteiger partial charge in [-0.25, -0.2) is 0 Å². The minimum atomic E-state index is -4.77. The molecule has 1 aliphatic rings. The molecule has 2 aromatic heterocycles. The molecule has 0 spiro atoms. The Bertz CT molecular complexity index is 1600. The molecule has 0 fully saturated rings. The maximum Gasteiger partial charge on any atom is 0.573 e. The highest BCUT2D eigenvalue weighted by Gasteiger charge is 2.32. The fraction of sp³-hybridized carbons (Fsp3) is 0.200. The molecule has 0 amide bonds. The first kappa shape index (κ1) is 27.3. The van der Waals surface area contributed by atoms with Gasteiger partial charge in [0.25, 0.3) is 10.6 Å². The summed E-state index contributed by atoms with van der Waals surface area (Å²) in [6.45, 7) is 3.15. The van der Waals surface area contributed by atoms with Crippen LogP contribution in [0.1, 0.15) is 17.5 Å². The van der Waals surface area contributed by atoms with Crippen molar-refractivity contribution in [3.63, 3.8) is 0 Å². The molecule has 5 nitrogen and oxygen atoms in total. The number of anilines is 1. The molecule has 1 aliphatic heterocycles. The first-order chi connectivity index (χ1) is 17.2. The SMILES string of the molecule is CCn1c(=O)/c(=C2\Sc3ccc(OC(F)(F)F)cc3N2C)s/c1=C\c1scc[n+]1Cc1ccccc1.[Cl-]. The lowest BCUT2D eigenvalue weighted by molar-refractivity contribution is -0.685. The Kier molecular flexibility index (Phi) is 8.08. The van der Waals surface area contributed by atoms with Crippen LogP contribution >= 0.6 is 34.4 Å². The Morgan fingerprint density at radius 1 is 1.14 bits per heavy atom. The predicted molar refractivity (Wildman–Crippen MR) is 138 cm³/mol.